The van der Waals surface area contributed by atoms with E-state index >= 15 is 0 Å². The first-order valence-corrected chi connectivity index (χ1v) is 8.85. The summed E-state index contributed by atoms with van der Waals surface area (Å²) < 4.78 is 0. The Balaban J connectivity index is 1.41. The predicted molar refractivity (Wildman–Crippen MR) is 95.1 cm³/mol. The molecular formula is C19H24N4O. The molecule has 0 atom stereocenters. The lowest BCUT2D eigenvalue weighted by Crippen LogP contribution is -2.64. The van der Waals surface area contributed by atoms with Crippen molar-refractivity contribution in [2.45, 2.75) is 13.0 Å². The number of amides is 1. The lowest BCUT2D eigenvalue weighted by atomic mass is 10.0. The van der Waals surface area contributed by atoms with Crippen LogP contribution >= 0.6 is 0 Å². The number of pyridine rings is 1. The fraction of sp³-hybridized carbons (Fsp3) is 0.474. The highest BCUT2D eigenvalue weighted by molar-refractivity contribution is 6.05. The first-order chi connectivity index (χ1) is 11.8. The van der Waals surface area contributed by atoms with Crippen molar-refractivity contribution in [1.82, 2.24) is 19.7 Å². The number of hydrogen-bond acceptors (Lipinski definition) is 4. The largest absolute Gasteiger partial charge is 0.334 e. The number of fused-ring (bicyclic) bond motifs is 1. The first kappa shape index (κ1) is 15.5. The molecule has 0 N–H and O–H groups in total. The van der Waals surface area contributed by atoms with Gasteiger partial charge in [0.2, 0.25) is 0 Å². The van der Waals surface area contributed by atoms with Crippen LogP contribution in [0.5, 0.6) is 0 Å². The molecule has 1 amide bonds. The Morgan fingerprint density at radius 1 is 1.12 bits per heavy atom. The van der Waals surface area contributed by atoms with Crippen LogP contribution in [-0.2, 0) is 0 Å². The van der Waals surface area contributed by atoms with Crippen molar-refractivity contribution >= 4 is 16.7 Å². The maximum Gasteiger partial charge on any atom is 0.273 e. The number of likely N-dealkylation sites (N-methyl/N-ethyl adjacent to an activating group) is 1. The van der Waals surface area contributed by atoms with E-state index in [2.05, 4.69) is 21.7 Å². The zero-order valence-corrected chi connectivity index (χ0v) is 14.2. The standard InChI is InChI=1S/C19H24N4O/c1-2-21-9-11-22(12-10-21)16-13-23(14-16)19(24)18-17-6-4-3-5-15(17)7-8-20-18/h3-8,16H,2,9-14H2,1H3. The molecule has 24 heavy (non-hydrogen) atoms. The monoisotopic (exact) mass is 324 g/mol. The normalized spacial score (nSPS) is 20.3. The van der Waals surface area contributed by atoms with Gasteiger partial charge in [-0.1, -0.05) is 31.2 Å². The summed E-state index contributed by atoms with van der Waals surface area (Å²) in [5.41, 5.74) is 0.586. The minimum absolute atomic E-state index is 0.0650. The van der Waals surface area contributed by atoms with Gasteiger partial charge in [-0.3, -0.25) is 14.7 Å². The van der Waals surface area contributed by atoms with Crippen LogP contribution in [0.3, 0.4) is 0 Å². The van der Waals surface area contributed by atoms with Crippen molar-refractivity contribution in [2.75, 3.05) is 45.8 Å². The topological polar surface area (TPSA) is 39.7 Å². The fourth-order valence-corrected chi connectivity index (χ4v) is 3.74. The number of carbonyl (C=O) groups is 1. The maximum absolute atomic E-state index is 12.8. The van der Waals surface area contributed by atoms with Crippen LogP contribution in [0.15, 0.2) is 36.5 Å². The Kier molecular flexibility index (Phi) is 4.21. The number of hydrogen-bond donors (Lipinski definition) is 0. The second-order valence-electron chi connectivity index (χ2n) is 6.71. The van der Waals surface area contributed by atoms with Crippen LogP contribution in [0.4, 0.5) is 0 Å². The molecule has 0 bridgehead atoms. The quantitative estimate of drug-likeness (QED) is 0.861. The minimum Gasteiger partial charge on any atom is -0.334 e. The summed E-state index contributed by atoms with van der Waals surface area (Å²) in [4.78, 5) is 24.1. The summed E-state index contributed by atoms with van der Waals surface area (Å²) in [6.07, 6.45) is 1.73. The third kappa shape index (κ3) is 2.78. The van der Waals surface area contributed by atoms with Crippen LogP contribution in [0.2, 0.25) is 0 Å². The first-order valence-electron chi connectivity index (χ1n) is 8.85. The average Bonchev–Trinajstić information content (AvgIpc) is 2.60. The lowest BCUT2D eigenvalue weighted by molar-refractivity contribution is 0.00820. The molecule has 2 aliphatic heterocycles. The van der Waals surface area contributed by atoms with Gasteiger partial charge in [-0.25, -0.2) is 0 Å². The third-order valence-electron chi connectivity index (χ3n) is 5.40. The van der Waals surface area contributed by atoms with Crippen molar-refractivity contribution in [3.8, 4) is 0 Å². The summed E-state index contributed by atoms with van der Waals surface area (Å²) in [5.74, 6) is 0.0650. The van der Waals surface area contributed by atoms with Crippen LogP contribution in [0.1, 0.15) is 17.4 Å². The van der Waals surface area contributed by atoms with Crippen LogP contribution in [0.25, 0.3) is 10.8 Å². The van der Waals surface area contributed by atoms with E-state index in [1.165, 1.54) is 0 Å². The van der Waals surface area contributed by atoms with Gasteiger partial charge in [-0.2, -0.15) is 0 Å². The highest BCUT2D eigenvalue weighted by atomic mass is 16.2. The maximum atomic E-state index is 12.8. The van der Waals surface area contributed by atoms with Crippen LogP contribution < -0.4 is 0 Å². The number of likely N-dealkylation sites (tertiary alicyclic amines) is 1. The van der Waals surface area contributed by atoms with E-state index in [-0.39, 0.29) is 5.91 Å². The summed E-state index contributed by atoms with van der Waals surface area (Å²) in [6.45, 7) is 9.54. The molecule has 1 aromatic carbocycles. The van der Waals surface area contributed by atoms with Crippen molar-refractivity contribution < 1.29 is 4.79 Å². The number of rotatable bonds is 3. The molecule has 2 saturated heterocycles. The molecule has 3 heterocycles. The van der Waals surface area contributed by atoms with E-state index in [0.717, 1.165) is 56.6 Å². The summed E-state index contributed by atoms with van der Waals surface area (Å²) >= 11 is 0. The molecule has 4 rings (SSSR count). The van der Waals surface area contributed by atoms with Gasteiger partial charge < -0.3 is 9.80 Å². The number of carbonyl (C=O) groups excluding carboxylic acids is 1. The smallest absolute Gasteiger partial charge is 0.273 e. The van der Waals surface area contributed by atoms with Crippen LogP contribution in [0, 0.1) is 0 Å². The molecule has 0 aliphatic carbocycles. The van der Waals surface area contributed by atoms with Gasteiger partial charge in [0.25, 0.3) is 5.91 Å². The lowest BCUT2D eigenvalue weighted by Gasteiger charge is -2.48. The second-order valence-corrected chi connectivity index (χ2v) is 6.71. The van der Waals surface area contributed by atoms with E-state index < -0.39 is 0 Å². The van der Waals surface area contributed by atoms with Gasteiger partial charge in [0.1, 0.15) is 5.69 Å². The van der Waals surface area contributed by atoms with Crippen molar-refractivity contribution in [3.63, 3.8) is 0 Å². The van der Waals surface area contributed by atoms with Crippen LogP contribution in [-0.4, -0.2) is 77.4 Å². The molecule has 1 aromatic heterocycles. The van der Waals surface area contributed by atoms with E-state index in [9.17, 15) is 4.79 Å². The Hall–Kier alpha value is -1.98. The molecule has 5 nitrogen and oxygen atoms in total. The van der Waals surface area contributed by atoms with Gasteiger partial charge in [-0.05, 0) is 18.0 Å². The molecule has 5 heteroatoms. The third-order valence-corrected chi connectivity index (χ3v) is 5.40. The molecule has 2 aliphatic rings. The molecule has 0 unspecified atom stereocenters. The molecule has 0 saturated carbocycles. The molecular weight excluding hydrogens is 300 g/mol. The van der Waals surface area contributed by atoms with Crippen molar-refractivity contribution in [1.29, 1.82) is 0 Å². The molecule has 0 spiro atoms. The summed E-state index contributed by atoms with van der Waals surface area (Å²) in [5, 5.41) is 2.02. The van der Waals surface area contributed by atoms with E-state index in [0.29, 0.717) is 11.7 Å². The average molecular weight is 324 g/mol. The zero-order valence-electron chi connectivity index (χ0n) is 14.2. The van der Waals surface area contributed by atoms with Crippen molar-refractivity contribution in [3.05, 3.63) is 42.2 Å². The zero-order chi connectivity index (χ0) is 16.5. The summed E-state index contributed by atoms with van der Waals surface area (Å²) in [6, 6.07) is 10.4. The Morgan fingerprint density at radius 3 is 2.62 bits per heavy atom. The molecule has 2 fully saturated rings. The van der Waals surface area contributed by atoms with Gasteiger partial charge in [0, 0.05) is 56.9 Å². The number of piperazine rings is 1. The SMILES string of the molecule is CCN1CCN(C2CN(C(=O)c3nccc4ccccc34)C2)CC1. The highest BCUT2D eigenvalue weighted by Gasteiger charge is 2.36. The number of nitrogens with zero attached hydrogens (tertiary/aromatic N) is 4. The van der Waals surface area contributed by atoms with E-state index in [1.807, 2.05) is 35.2 Å². The molecule has 2 aromatic rings. The Morgan fingerprint density at radius 2 is 1.88 bits per heavy atom. The predicted octanol–water partition coefficient (Wildman–Crippen LogP) is 1.70. The highest BCUT2D eigenvalue weighted by Crippen LogP contribution is 2.22. The van der Waals surface area contributed by atoms with Gasteiger partial charge in [0.15, 0.2) is 0 Å². The molecule has 0 radical (unpaired) electrons. The van der Waals surface area contributed by atoms with Gasteiger partial charge >= 0.3 is 0 Å². The Labute approximate surface area is 142 Å². The van der Waals surface area contributed by atoms with Gasteiger partial charge in [-0.15, -0.1) is 0 Å². The fourth-order valence-electron chi connectivity index (χ4n) is 3.74. The van der Waals surface area contributed by atoms with E-state index in [4.69, 9.17) is 0 Å². The van der Waals surface area contributed by atoms with Gasteiger partial charge in [0.05, 0.1) is 0 Å². The summed E-state index contributed by atoms with van der Waals surface area (Å²) in [7, 11) is 0. The molecule has 126 valence electrons. The van der Waals surface area contributed by atoms with Crippen molar-refractivity contribution in [2.24, 2.45) is 0 Å². The minimum atomic E-state index is 0.0650. The Bertz CT molecular complexity index is 728. The number of benzene rings is 1. The second kappa shape index (κ2) is 6.49. The van der Waals surface area contributed by atoms with E-state index in [1.54, 1.807) is 6.20 Å². The number of aromatic nitrogens is 1.